The first-order valence-electron chi connectivity index (χ1n) is 7.12. The summed E-state index contributed by atoms with van der Waals surface area (Å²) in [6.07, 6.45) is 4.04. The summed E-state index contributed by atoms with van der Waals surface area (Å²) >= 11 is 0. The minimum absolute atomic E-state index is 0.281. The fraction of sp³-hybridized carbons (Fsp3) is 0.733. The predicted molar refractivity (Wildman–Crippen MR) is 76.0 cm³/mol. The molecule has 0 aromatic rings. The minimum atomic E-state index is -0.540. The van der Waals surface area contributed by atoms with Gasteiger partial charge in [-0.25, -0.2) is 4.79 Å². The van der Waals surface area contributed by atoms with E-state index in [1.165, 1.54) is 6.92 Å². The average molecular weight is 283 g/mol. The van der Waals surface area contributed by atoms with Crippen LogP contribution in [0.25, 0.3) is 0 Å². The zero-order chi connectivity index (χ0) is 15.2. The Hall–Kier alpha value is -1.52. The maximum absolute atomic E-state index is 11.8. The van der Waals surface area contributed by atoms with E-state index in [0.29, 0.717) is 5.92 Å². The molecule has 5 nitrogen and oxygen atoms in total. The van der Waals surface area contributed by atoms with E-state index in [0.717, 1.165) is 37.7 Å². The summed E-state index contributed by atoms with van der Waals surface area (Å²) in [5.41, 5.74) is 0.883. The van der Waals surface area contributed by atoms with Gasteiger partial charge >= 0.3 is 12.1 Å². The quantitative estimate of drug-likeness (QED) is 0.478. The molecule has 0 aromatic heterocycles. The van der Waals surface area contributed by atoms with Crippen LogP contribution in [-0.4, -0.2) is 24.4 Å². The molecule has 0 aliphatic heterocycles. The van der Waals surface area contributed by atoms with Crippen molar-refractivity contribution in [1.29, 1.82) is 0 Å². The summed E-state index contributed by atoms with van der Waals surface area (Å²) in [5.74, 6) is 0.0253. The first kappa shape index (κ1) is 16.5. The van der Waals surface area contributed by atoms with Crippen molar-refractivity contribution in [2.75, 3.05) is 6.79 Å². The van der Waals surface area contributed by atoms with Gasteiger partial charge in [0.15, 0.2) is 0 Å². The summed E-state index contributed by atoms with van der Waals surface area (Å²) in [4.78, 5) is 22.5. The molecule has 2 unspecified atom stereocenters. The highest BCUT2D eigenvalue weighted by Crippen LogP contribution is 2.37. The second kappa shape index (κ2) is 7.31. The van der Waals surface area contributed by atoms with Crippen LogP contribution in [0.15, 0.2) is 12.2 Å². The lowest BCUT2D eigenvalue weighted by atomic mass is 9.72. The molecule has 0 heterocycles. The van der Waals surface area contributed by atoms with Crippen LogP contribution >= 0.6 is 0 Å². The Balaban J connectivity index is 2.59. The van der Waals surface area contributed by atoms with E-state index >= 15 is 0 Å². The molecule has 1 amide bonds. The number of esters is 1. The van der Waals surface area contributed by atoms with Crippen molar-refractivity contribution < 1.29 is 19.1 Å². The van der Waals surface area contributed by atoms with Crippen molar-refractivity contribution in [3.8, 4) is 0 Å². The van der Waals surface area contributed by atoms with Crippen LogP contribution in [0, 0.1) is 5.92 Å². The first-order valence-corrected chi connectivity index (χ1v) is 7.12. The lowest BCUT2D eigenvalue weighted by Crippen LogP contribution is -2.51. The van der Waals surface area contributed by atoms with Gasteiger partial charge < -0.3 is 14.8 Å². The van der Waals surface area contributed by atoms with E-state index in [-0.39, 0.29) is 12.3 Å². The molecule has 0 spiro atoms. The second-order valence-electron chi connectivity index (χ2n) is 5.78. The Bertz CT molecular complexity index is 380. The van der Waals surface area contributed by atoms with Gasteiger partial charge in [-0.15, -0.1) is 0 Å². The topological polar surface area (TPSA) is 64.6 Å². The Morgan fingerprint density at radius 3 is 2.70 bits per heavy atom. The van der Waals surface area contributed by atoms with E-state index in [2.05, 4.69) is 30.5 Å². The largest absolute Gasteiger partial charge is 0.428 e. The normalized spacial score (nSPS) is 25.9. The van der Waals surface area contributed by atoms with Crippen LogP contribution in [0.5, 0.6) is 0 Å². The average Bonchev–Trinajstić information content (AvgIpc) is 2.26. The molecule has 1 aliphatic carbocycles. The molecule has 1 saturated carbocycles. The molecule has 1 rings (SSSR count). The molecule has 0 radical (unpaired) electrons. The van der Waals surface area contributed by atoms with Gasteiger partial charge in [0.2, 0.25) is 6.79 Å². The third-order valence-corrected chi connectivity index (χ3v) is 3.51. The molecular formula is C15H25NO4. The van der Waals surface area contributed by atoms with E-state index in [1.54, 1.807) is 0 Å². The standard InChI is InChI=1S/C15H25NO4/c1-5-6-15(8-11(2)7-12(3)9-15)16-14(18)20-10-19-13(4)17/h12H,2,5-10H2,1,3-4H3,(H,16,18). The summed E-state index contributed by atoms with van der Waals surface area (Å²) < 4.78 is 9.47. The van der Waals surface area contributed by atoms with Gasteiger partial charge in [-0.3, -0.25) is 4.79 Å². The molecule has 1 aliphatic rings. The number of carbonyl (C=O) groups is 2. The number of hydrogen-bond donors (Lipinski definition) is 1. The molecule has 20 heavy (non-hydrogen) atoms. The van der Waals surface area contributed by atoms with Crippen molar-refractivity contribution in [2.24, 2.45) is 5.92 Å². The fourth-order valence-corrected chi connectivity index (χ4v) is 3.10. The smallest absolute Gasteiger partial charge is 0.410 e. The number of amides is 1. The minimum Gasteiger partial charge on any atom is -0.428 e. The van der Waals surface area contributed by atoms with E-state index in [1.807, 2.05) is 0 Å². The second-order valence-corrected chi connectivity index (χ2v) is 5.78. The van der Waals surface area contributed by atoms with Crippen molar-refractivity contribution in [2.45, 2.75) is 58.4 Å². The fourth-order valence-electron chi connectivity index (χ4n) is 3.10. The Morgan fingerprint density at radius 2 is 2.15 bits per heavy atom. The van der Waals surface area contributed by atoms with Crippen molar-refractivity contribution in [3.05, 3.63) is 12.2 Å². The zero-order valence-corrected chi connectivity index (χ0v) is 12.7. The van der Waals surface area contributed by atoms with Gasteiger partial charge in [0.25, 0.3) is 0 Å². The number of hydrogen-bond acceptors (Lipinski definition) is 4. The van der Waals surface area contributed by atoms with Gasteiger partial charge in [-0.2, -0.15) is 0 Å². The van der Waals surface area contributed by atoms with E-state index in [4.69, 9.17) is 4.74 Å². The summed E-state index contributed by atoms with van der Waals surface area (Å²) in [7, 11) is 0. The van der Waals surface area contributed by atoms with Gasteiger partial charge in [0.1, 0.15) is 0 Å². The number of rotatable bonds is 5. The highest BCUT2D eigenvalue weighted by molar-refractivity contribution is 5.69. The monoisotopic (exact) mass is 283 g/mol. The lowest BCUT2D eigenvalue weighted by Gasteiger charge is -2.41. The third-order valence-electron chi connectivity index (χ3n) is 3.51. The molecule has 2 atom stereocenters. The Labute approximate surface area is 120 Å². The third kappa shape index (κ3) is 5.23. The van der Waals surface area contributed by atoms with Crippen molar-refractivity contribution in [1.82, 2.24) is 5.32 Å². The van der Waals surface area contributed by atoms with E-state index in [9.17, 15) is 9.59 Å². The first-order chi connectivity index (χ1) is 9.37. The van der Waals surface area contributed by atoms with Gasteiger partial charge in [-0.1, -0.05) is 32.4 Å². The Morgan fingerprint density at radius 1 is 1.45 bits per heavy atom. The SMILES string of the molecule is C=C1CC(C)CC(CCC)(NC(=O)OCOC(C)=O)C1. The van der Waals surface area contributed by atoms with Crippen LogP contribution in [0.3, 0.4) is 0 Å². The highest BCUT2D eigenvalue weighted by Gasteiger charge is 2.37. The van der Waals surface area contributed by atoms with Gasteiger partial charge in [-0.05, 0) is 31.6 Å². The molecule has 114 valence electrons. The summed E-state index contributed by atoms with van der Waals surface area (Å²) in [6, 6.07) is 0. The molecular weight excluding hydrogens is 258 g/mol. The molecule has 0 aromatic carbocycles. The molecule has 0 bridgehead atoms. The van der Waals surface area contributed by atoms with E-state index < -0.39 is 12.1 Å². The van der Waals surface area contributed by atoms with Gasteiger partial charge in [0.05, 0.1) is 0 Å². The summed E-state index contributed by atoms with van der Waals surface area (Å²) in [6.45, 7) is 9.26. The lowest BCUT2D eigenvalue weighted by molar-refractivity contribution is -0.149. The van der Waals surface area contributed by atoms with Gasteiger partial charge in [0, 0.05) is 12.5 Å². The van der Waals surface area contributed by atoms with Crippen molar-refractivity contribution >= 4 is 12.1 Å². The predicted octanol–water partition coefficient (Wildman–Crippen LogP) is 3.15. The van der Waals surface area contributed by atoms with Crippen LogP contribution in [0.4, 0.5) is 4.79 Å². The molecule has 1 N–H and O–H groups in total. The Kier molecular flexibility index (Phi) is 6.05. The maximum atomic E-state index is 11.8. The zero-order valence-electron chi connectivity index (χ0n) is 12.7. The number of ether oxygens (including phenoxy) is 2. The number of carbonyl (C=O) groups excluding carboxylic acids is 2. The number of alkyl carbamates (subject to hydrolysis) is 1. The van der Waals surface area contributed by atoms with Crippen molar-refractivity contribution in [3.63, 3.8) is 0 Å². The van der Waals surface area contributed by atoms with Crippen LogP contribution in [0.2, 0.25) is 0 Å². The number of nitrogens with one attached hydrogen (secondary N) is 1. The molecule has 1 fully saturated rings. The summed E-state index contributed by atoms with van der Waals surface area (Å²) in [5, 5.41) is 2.95. The molecule has 0 saturated heterocycles. The highest BCUT2D eigenvalue weighted by atomic mass is 16.7. The maximum Gasteiger partial charge on any atom is 0.410 e. The van der Waals surface area contributed by atoms with Crippen LogP contribution < -0.4 is 5.32 Å². The van der Waals surface area contributed by atoms with Crippen LogP contribution in [0.1, 0.15) is 52.9 Å². The molecule has 5 heteroatoms. The van der Waals surface area contributed by atoms with Crippen LogP contribution in [-0.2, 0) is 14.3 Å².